The third kappa shape index (κ3) is 2.18. The van der Waals surface area contributed by atoms with Gasteiger partial charge in [0.1, 0.15) is 5.82 Å². The molecule has 2 N–H and O–H groups in total. The van der Waals surface area contributed by atoms with Crippen LogP contribution in [0.4, 0.5) is 5.82 Å². The van der Waals surface area contributed by atoms with Gasteiger partial charge in [-0.25, -0.2) is 4.68 Å². The SMILES string of the molecule is CCn1nccc1NC(=O)[C@H]1CCNC1. The Hall–Kier alpha value is -1.36. The van der Waals surface area contributed by atoms with Gasteiger partial charge in [-0.1, -0.05) is 0 Å². The van der Waals surface area contributed by atoms with Crippen LogP contribution >= 0.6 is 0 Å². The Bertz CT molecular complexity index is 341. The summed E-state index contributed by atoms with van der Waals surface area (Å²) in [6.45, 7) is 4.49. The fraction of sp³-hybridized carbons (Fsp3) is 0.600. The predicted molar refractivity (Wildman–Crippen MR) is 57.5 cm³/mol. The Morgan fingerprint density at radius 3 is 3.33 bits per heavy atom. The molecule has 1 fully saturated rings. The van der Waals surface area contributed by atoms with Crippen LogP contribution in [0.1, 0.15) is 13.3 Å². The number of aromatic nitrogens is 2. The molecule has 5 heteroatoms. The molecule has 1 aliphatic heterocycles. The summed E-state index contributed by atoms with van der Waals surface area (Å²) in [5.74, 6) is 0.981. The molecule has 0 spiro atoms. The van der Waals surface area contributed by atoms with Crippen molar-refractivity contribution in [1.82, 2.24) is 15.1 Å². The average molecular weight is 208 g/mol. The molecule has 0 radical (unpaired) electrons. The summed E-state index contributed by atoms with van der Waals surface area (Å²) in [6, 6.07) is 1.82. The van der Waals surface area contributed by atoms with Crippen LogP contribution in [0.5, 0.6) is 0 Å². The maximum Gasteiger partial charge on any atom is 0.229 e. The van der Waals surface area contributed by atoms with E-state index in [1.54, 1.807) is 10.9 Å². The van der Waals surface area contributed by atoms with Crippen LogP contribution in [0.3, 0.4) is 0 Å². The number of anilines is 1. The Labute approximate surface area is 88.8 Å². The van der Waals surface area contributed by atoms with E-state index < -0.39 is 0 Å². The van der Waals surface area contributed by atoms with Crippen molar-refractivity contribution in [3.05, 3.63) is 12.3 Å². The van der Waals surface area contributed by atoms with E-state index in [0.29, 0.717) is 0 Å². The first-order valence-electron chi connectivity index (χ1n) is 5.34. The average Bonchev–Trinajstić information content (AvgIpc) is 2.87. The molecule has 1 aromatic rings. The minimum absolute atomic E-state index is 0.0928. The maximum absolute atomic E-state index is 11.8. The van der Waals surface area contributed by atoms with Gasteiger partial charge in [0.2, 0.25) is 5.91 Å². The molecule has 1 aromatic heterocycles. The maximum atomic E-state index is 11.8. The Kier molecular flexibility index (Phi) is 3.01. The molecule has 1 saturated heterocycles. The van der Waals surface area contributed by atoms with Gasteiger partial charge in [0.05, 0.1) is 12.1 Å². The van der Waals surface area contributed by atoms with E-state index in [4.69, 9.17) is 0 Å². The second-order valence-corrected chi connectivity index (χ2v) is 3.71. The minimum Gasteiger partial charge on any atom is -0.316 e. The van der Waals surface area contributed by atoms with E-state index in [-0.39, 0.29) is 11.8 Å². The van der Waals surface area contributed by atoms with Crippen molar-refractivity contribution in [2.45, 2.75) is 19.9 Å². The predicted octanol–water partition coefficient (Wildman–Crippen LogP) is 0.451. The summed E-state index contributed by atoms with van der Waals surface area (Å²) >= 11 is 0. The number of hydrogen-bond donors (Lipinski definition) is 2. The molecule has 2 rings (SSSR count). The molecule has 0 aliphatic carbocycles. The third-order valence-electron chi connectivity index (χ3n) is 2.70. The van der Waals surface area contributed by atoms with Crippen molar-refractivity contribution in [2.24, 2.45) is 5.92 Å². The quantitative estimate of drug-likeness (QED) is 0.758. The fourth-order valence-corrected chi connectivity index (χ4v) is 1.80. The van der Waals surface area contributed by atoms with Crippen molar-refractivity contribution >= 4 is 11.7 Å². The molecule has 1 amide bonds. The van der Waals surface area contributed by atoms with Gasteiger partial charge in [0.15, 0.2) is 0 Å². The molecule has 82 valence electrons. The van der Waals surface area contributed by atoms with E-state index in [9.17, 15) is 4.79 Å². The van der Waals surface area contributed by atoms with Gasteiger partial charge in [-0.05, 0) is 19.9 Å². The fourth-order valence-electron chi connectivity index (χ4n) is 1.80. The van der Waals surface area contributed by atoms with Gasteiger partial charge >= 0.3 is 0 Å². The summed E-state index contributed by atoms with van der Waals surface area (Å²) in [7, 11) is 0. The molecule has 1 aliphatic rings. The van der Waals surface area contributed by atoms with Gasteiger partial charge < -0.3 is 10.6 Å². The Balaban J connectivity index is 1.98. The second kappa shape index (κ2) is 4.44. The van der Waals surface area contributed by atoms with Crippen molar-refractivity contribution in [3.63, 3.8) is 0 Å². The summed E-state index contributed by atoms with van der Waals surface area (Å²) in [6.07, 6.45) is 2.62. The standard InChI is InChI=1S/C10H16N4O/c1-2-14-9(4-6-12-14)13-10(15)8-3-5-11-7-8/h4,6,8,11H,2-3,5,7H2,1H3,(H,13,15)/t8-/m0/s1. The third-order valence-corrected chi connectivity index (χ3v) is 2.70. The summed E-state index contributed by atoms with van der Waals surface area (Å²) in [5, 5.41) is 10.2. The normalized spacial score (nSPS) is 20.5. The van der Waals surface area contributed by atoms with Gasteiger partial charge in [0, 0.05) is 19.2 Å². The monoisotopic (exact) mass is 208 g/mol. The summed E-state index contributed by atoms with van der Waals surface area (Å²) in [4.78, 5) is 11.8. The van der Waals surface area contributed by atoms with Crippen LogP contribution in [0, 0.1) is 5.92 Å². The Morgan fingerprint density at radius 1 is 1.80 bits per heavy atom. The van der Waals surface area contributed by atoms with Crippen LogP contribution in [0.25, 0.3) is 0 Å². The largest absolute Gasteiger partial charge is 0.316 e. The Morgan fingerprint density at radius 2 is 2.67 bits per heavy atom. The van der Waals surface area contributed by atoms with Crippen molar-refractivity contribution < 1.29 is 4.79 Å². The number of aryl methyl sites for hydroxylation is 1. The first-order chi connectivity index (χ1) is 7.31. The second-order valence-electron chi connectivity index (χ2n) is 3.71. The molecule has 1 atom stereocenters. The lowest BCUT2D eigenvalue weighted by atomic mass is 10.1. The molecule has 2 heterocycles. The van der Waals surface area contributed by atoms with Gasteiger partial charge in [-0.15, -0.1) is 0 Å². The summed E-state index contributed by atoms with van der Waals surface area (Å²) < 4.78 is 1.78. The molecular weight excluding hydrogens is 192 g/mol. The number of nitrogens with one attached hydrogen (secondary N) is 2. The van der Waals surface area contributed by atoms with Gasteiger partial charge in [-0.2, -0.15) is 5.10 Å². The number of carbonyl (C=O) groups excluding carboxylic acids is 1. The van der Waals surface area contributed by atoms with E-state index >= 15 is 0 Å². The van der Waals surface area contributed by atoms with Crippen molar-refractivity contribution in [1.29, 1.82) is 0 Å². The smallest absolute Gasteiger partial charge is 0.229 e. The molecule has 15 heavy (non-hydrogen) atoms. The number of hydrogen-bond acceptors (Lipinski definition) is 3. The van der Waals surface area contributed by atoms with E-state index in [1.807, 2.05) is 13.0 Å². The first-order valence-corrected chi connectivity index (χ1v) is 5.34. The number of nitrogens with zero attached hydrogens (tertiary/aromatic N) is 2. The van der Waals surface area contributed by atoms with Crippen LogP contribution < -0.4 is 10.6 Å². The molecular formula is C10H16N4O. The molecule has 0 bridgehead atoms. The lowest BCUT2D eigenvalue weighted by Gasteiger charge is -2.10. The topological polar surface area (TPSA) is 59.0 Å². The van der Waals surface area contributed by atoms with Crippen LogP contribution in [0.2, 0.25) is 0 Å². The zero-order chi connectivity index (χ0) is 10.7. The lowest BCUT2D eigenvalue weighted by Crippen LogP contribution is -2.25. The van der Waals surface area contributed by atoms with Crippen LogP contribution in [-0.4, -0.2) is 28.8 Å². The van der Waals surface area contributed by atoms with Crippen molar-refractivity contribution in [3.8, 4) is 0 Å². The molecule has 5 nitrogen and oxygen atoms in total. The molecule has 0 unspecified atom stereocenters. The van der Waals surface area contributed by atoms with Crippen LogP contribution in [-0.2, 0) is 11.3 Å². The molecule has 0 aromatic carbocycles. The first kappa shape index (κ1) is 10.2. The van der Waals surface area contributed by atoms with Gasteiger partial charge in [-0.3, -0.25) is 4.79 Å². The minimum atomic E-state index is 0.0928. The van der Waals surface area contributed by atoms with Gasteiger partial charge in [0.25, 0.3) is 0 Å². The van der Waals surface area contributed by atoms with E-state index in [1.165, 1.54) is 0 Å². The number of carbonyl (C=O) groups is 1. The van der Waals surface area contributed by atoms with E-state index in [2.05, 4.69) is 15.7 Å². The highest BCUT2D eigenvalue weighted by Crippen LogP contribution is 2.12. The lowest BCUT2D eigenvalue weighted by molar-refractivity contribution is -0.119. The highest BCUT2D eigenvalue weighted by atomic mass is 16.2. The zero-order valence-corrected chi connectivity index (χ0v) is 8.86. The number of rotatable bonds is 3. The number of amides is 1. The van der Waals surface area contributed by atoms with Crippen LogP contribution in [0.15, 0.2) is 12.3 Å². The summed E-state index contributed by atoms with van der Waals surface area (Å²) in [5.41, 5.74) is 0. The highest BCUT2D eigenvalue weighted by Gasteiger charge is 2.22. The van der Waals surface area contributed by atoms with Crippen molar-refractivity contribution in [2.75, 3.05) is 18.4 Å². The zero-order valence-electron chi connectivity index (χ0n) is 8.86. The molecule has 0 saturated carbocycles. The van der Waals surface area contributed by atoms with E-state index in [0.717, 1.165) is 31.9 Å². The highest BCUT2D eigenvalue weighted by molar-refractivity contribution is 5.92.